The van der Waals surface area contributed by atoms with Gasteiger partial charge in [-0.2, -0.15) is 0 Å². The molecule has 3 heterocycles. The number of aliphatic hydroxyl groups is 1. The molecule has 0 saturated carbocycles. The van der Waals surface area contributed by atoms with Crippen LogP contribution in [-0.4, -0.2) is 82.1 Å². The maximum absolute atomic E-state index is 15.1. The van der Waals surface area contributed by atoms with Crippen molar-refractivity contribution in [1.29, 1.82) is 0 Å². The second-order valence-corrected chi connectivity index (χ2v) is 15.0. The molecule has 2 bridgehead atoms. The van der Waals surface area contributed by atoms with E-state index in [0.29, 0.717) is 12.8 Å². The number of amides is 3. The van der Waals surface area contributed by atoms with Crippen LogP contribution in [0.2, 0.25) is 0 Å². The summed E-state index contributed by atoms with van der Waals surface area (Å²) < 4.78 is 12.3. The van der Waals surface area contributed by atoms with Crippen LogP contribution in [0.25, 0.3) is 0 Å². The molecule has 3 aliphatic rings. The van der Waals surface area contributed by atoms with Crippen molar-refractivity contribution in [3.63, 3.8) is 0 Å². The highest BCUT2D eigenvalue weighted by Crippen LogP contribution is 2.61. The van der Waals surface area contributed by atoms with Crippen LogP contribution in [-0.2, 0) is 28.7 Å². The number of aryl methyl sites for hydroxylation is 2. The third kappa shape index (κ3) is 6.79. The van der Waals surface area contributed by atoms with E-state index in [1.54, 1.807) is 17.1 Å². The molecule has 11 heteroatoms. The summed E-state index contributed by atoms with van der Waals surface area (Å²) in [5.41, 5.74) is 1.88. The highest BCUT2D eigenvalue weighted by Gasteiger charge is 2.77. The predicted molar refractivity (Wildman–Crippen MR) is 194 cm³/mol. The quantitative estimate of drug-likeness (QED) is 0.150. The van der Waals surface area contributed by atoms with Gasteiger partial charge in [-0.05, 0) is 49.3 Å². The van der Waals surface area contributed by atoms with Crippen molar-refractivity contribution in [2.75, 3.05) is 24.7 Å². The average Bonchev–Trinajstić information content (AvgIpc) is 3.68. The fourth-order valence-corrected chi connectivity index (χ4v) is 9.01. The van der Waals surface area contributed by atoms with Gasteiger partial charge in [0.05, 0.1) is 36.6 Å². The first-order chi connectivity index (χ1) is 23.9. The van der Waals surface area contributed by atoms with Gasteiger partial charge in [0.2, 0.25) is 11.8 Å². The van der Waals surface area contributed by atoms with Gasteiger partial charge in [0.25, 0.3) is 5.91 Å². The molecule has 0 aliphatic carbocycles. The SMILES string of the molecule is C=CCCC(=O)OC[C@H](NC(=O)[C@H]1[C@@H]2O[C@@]3(CC2Br)[C@@H]1C(=O)N([C@@H](CO)C(C)C)[C@@H]3C(=O)N(CC=C)c1c(C)cccc1C)c1ccccc1. The molecule has 8 atom stereocenters. The van der Waals surface area contributed by atoms with Gasteiger partial charge in [0.1, 0.15) is 18.2 Å². The molecule has 2 aromatic rings. The number of fused-ring (bicyclic) bond motifs is 1. The number of rotatable bonds is 15. The number of nitrogens with one attached hydrogen (secondary N) is 1. The Kier molecular flexibility index (Phi) is 11.7. The number of carbonyl (C=O) groups excluding carboxylic acids is 4. The molecular formula is C39H48BrN3O7. The summed E-state index contributed by atoms with van der Waals surface area (Å²) in [6.07, 6.45) is 3.54. The van der Waals surface area contributed by atoms with Crippen molar-refractivity contribution in [1.82, 2.24) is 10.2 Å². The second kappa shape index (κ2) is 15.6. The molecule has 1 spiro atoms. The lowest BCUT2D eigenvalue weighted by Gasteiger charge is -2.41. The van der Waals surface area contributed by atoms with Crippen molar-refractivity contribution in [3.05, 3.63) is 90.5 Å². The number of esters is 1. The summed E-state index contributed by atoms with van der Waals surface area (Å²) in [7, 11) is 0. The molecule has 50 heavy (non-hydrogen) atoms. The lowest BCUT2D eigenvalue weighted by atomic mass is 9.70. The Morgan fingerprint density at radius 1 is 1.12 bits per heavy atom. The topological polar surface area (TPSA) is 125 Å². The van der Waals surface area contributed by atoms with E-state index in [1.165, 1.54) is 4.90 Å². The average molecular weight is 751 g/mol. The van der Waals surface area contributed by atoms with Gasteiger partial charge in [-0.1, -0.05) is 90.5 Å². The molecule has 3 aliphatic heterocycles. The normalized spacial score (nSPS) is 26.3. The first-order valence-corrected chi connectivity index (χ1v) is 18.2. The van der Waals surface area contributed by atoms with Crippen molar-refractivity contribution >= 4 is 45.3 Å². The Balaban J connectivity index is 1.55. The summed E-state index contributed by atoms with van der Waals surface area (Å²) in [4.78, 5) is 59.6. The lowest BCUT2D eigenvalue weighted by molar-refractivity contribution is -0.147. The number of hydrogen-bond donors (Lipinski definition) is 2. The third-order valence-electron chi connectivity index (χ3n) is 10.3. The number of alkyl halides is 1. The standard InChI is InChI=1S/C39H48BrN3O7/c1-7-9-18-30(45)49-22-28(26-16-11-10-12-17-26)41-36(46)31-32-37(47)43(29(21-44)23(3)4)35(39(32)20-27(40)34(31)50-39)38(48)42(19-8-2)33-24(5)14-13-15-25(33)6/h7-8,10-17,23,27-29,31-32,34-35,44H,1-2,9,18-22H2,3-6H3,(H,41,46)/t27?,28-,29-,31+,32-,34+,35+,39-/m0/s1. The molecule has 2 N–H and O–H groups in total. The number of para-hydroxylation sites is 1. The van der Waals surface area contributed by atoms with Gasteiger partial charge in [-0.25, -0.2) is 0 Å². The van der Waals surface area contributed by atoms with Gasteiger partial charge in [0, 0.05) is 23.5 Å². The van der Waals surface area contributed by atoms with Gasteiger partial charge in [-0.15, -0.1) is 13.2 Å². The highest BCUT2D eigenvalue weighted by molar-refractivity contribution is 9.09. The lowest BCUT2D eigenvalue weighted by Crippen LogP contribution is -2.60. The minimum Gasteiger partial charge on any atom is -0.463 e. The number of allylic oxidation sites excluding steroid dienone is 1. The fourth-order valence-electron chi connectivity index (χ4n) is 8.07. The van der Waals surface area contributed by atoms with E-state index >= 15 is 4.79 Å². The highest BCUT2D eigenvalue weighted by atomic mass is 79.9. The Hall–Kier alpha value is -3.80. The fraction of sp³-hybridized carbons (Fsp3) is 0.487. The Morgan fingerprint density at radius 2 is 1.80 bits per heavy atom. The summed E-state index contributed by atoms with van der Waals surface area (Å²) in [6.45, 7) is 14.9. The van der Waals surface area contributed by atoms with E-state index in [2.05, 4.69) is 34.4 Å². The Labute approximate surface area is 303 Å². The molecule has 3 saturated heterocycles. The van der Waals surface area contributed by atoms with E-state index in [0.717, 1.165) is 22.4 Å². The van der Waals surface area contributed by atoms with Gasteiger partial charge in [-0.3, -0.25) is 19.2 Å². The molecule has 0 radical (unpaired) electrons. The van der Waals surface area contributed by atoms with E-state index in [9.17, 15) is 19.5 Å². The zero-order chi connectivity index (χ0) is 36.3. The van der Waals surface area contributed by atoms with E-state index < -0.39 is 59.5 Å². The number of likely N-dealkylation sites (tertiary alicyclic amines) is 1. The van der Waals surface area contributed by atoms with Crippen LogP contribution in [0.5, 0.6) is 0 Å². The number of ether oxygens (including phenoxy) is 2. The molecule has 3 fully saturated rings. The number of carbonyl (C=O) groups is 4. The minimum atomic E-state index is -1.34. The largest absolute Gasteiger partial charge is 0.463 e. The third-order valence-corrected chi connectivity index (χ3v) is 11.2. The molecule has 268 valence electrons. The van der Waals surface area contributed by atoms with Crippen LogP contribution in [0.15, 0.2) is 73.8 Å². The van der Waals surface area contributed by atoms with Crippen LogP contribution in [0.4, 0.5) is 5.69 Å². The molecule has 1 unspecified atom stereocenters. The Morgan fingerprint density at radius 3 is 2.40 bits per heavy atom. The summed E-state index contributed by atoms with van der Waals surface area (Å²) in [6, 6.07) is 12.5. The molecule has 2 aromatic carbocycles. The van der Waals surface area contributed by atoms with Crippen LogP contribution < -0.4 is 10.2 Å². The molecular weight excluding hydrogens is 702 g/mol. The smallest absolute Gasteiger partial charge is 0.306 e. The van der Waals surface area contributed by atoms with Gasteiger partial charge < -0.3 is 29.7 Å². The van der Waals surface area contributed by atoms with E-state index in [-0.39, 0.29) is 42.8 Å². The number of hydrogen-bond acceptors (Lipinski definition) is 7. The molecule has 3 amide bonds. The van der Waals surface area contributed by atoms with Crippen molar-refractivity contribution in [2.45, 2.75) is 81.6 Å². The summed E-state index contributed by atoms with van der Waals surface area (Å²) in [5, 5.41) is 13.7. The Bertz CT molecular complexity index is 1600. The zero-order valence-corrected chi connectivity index (χ0v) is 30.8. The minimum absolute atomic E-state index is 0.106. The first kappa shape index (κ1) is 37.5. The summed E-state index contributed by atoms with van der Waals surface area (Å²) >= 11 is 3.75. The number of aliphatic hydroxyl groups excluding tert-OH is 1. The zero-order valence-electron chi connectivity index (χ0n) is 29.2. The van der Waals surface area contributed by atoms with E-state index in [1.807, 2.05) is 76.2 Å². The maximum atomic E-state index is 15.1. The molecule has 0 aromatic heterocycles. The molecule has 5 rings (SSSR count). The first-order valence-electron chi connectivity index (χ1n) is 17.3. The van der Waals surface area contributed by atoms with Crippen molar-refractivity contribution in [3.8, 4) is 0 Å². The monoisotopic (exact) mass is 749 g/mol. The van der Waals surface area contributed by atoms with Gasteiger partial charge >= 0.3 is 5.97 Å². The van der Waals surface area contributed by atoms with Crippen molar-refractivity contribution < 1.29 is 33.8 Å². The van der Waals surface area contributed by atoms with Gasteiger partial charge in [0.15, 0.2) is 0 Å². The molecule has 10 nitrogen and oxygen atoms in total. The maximum Gasteiger partial charge on any atom is 0.306 e. The van der Waals surface area contributed by atoms with Crippen LogP contribution in [0.3, 0.4) is 0 Å². The van der Waals surface area contributed by atoms with Crippen LogP contribution >= 0.6 is 15.9 Å². The number of nitrogens with zero attached hydrogens (tertiary/aromatic N) is 2. The number of anilines is 1. The number of benzene rings is 2. The number of halogens is 1. The summed E-state index contributed by atoms with van der Waals surface area (Å²) in [5.74, 6) is -3.75. The van der Waals surface area contributed by atoms with Crippen LogP contribution in [0.1, 0.15) is 55.8 Å². The second-order valence-electron chi connectivity index (χ2n) is 13.9. The van der Waals surface area contributed by atoms with E-state index in [4.69, 9.17) is 9.47 Å². The predicted octanol–water partition coefficient (Wildman–Crippen LogP) is 4.95. The van der Waals surface area contributed by atoms with Crippen LogP contribution in [0, 0.1) is 31.6 Å². The van der Waals surface area contributed by atoms with Crippen molar-refractivity contribution in [2.24, 2.45) is 17.8 Å².